The molecule has 0 spiro atoms. The van der Waals surface area contributed by atoms with Gasteiger partial charge in [-0.15, -0.1) is 22.7 Å². The lowest BCUT2D eigenvalue weighted by Crippen LogP contribution is -1.87. The number of thioether (sulfide) groups is 1. The molecule has 4 rings (SSSR count). The third-order valence-corrected chi connectivity index (χ3v) is 7.46. The molecule has 0 bridgehead atoms. The van der Waals surface area contributed by atoms with Crippen LogP contribution in [0.4, 0.5) is 5.69 Å². The Morgan fingerprint density at radius 1 is 1.34 bits per heavy atom. The summed E-state index contributed by atoms with van der Waals surface area (Å²) in [6, 6.07) is 11.7. The Bertz CT molecular complexity index is 1390. The molecule has 160 valence electrons. The van der Waals surface area contributed by atoms with E-state index in [0.29, 0.717) is 33.2 Å². The molecule has 0 aliphatic carbocycles. The number of nitro groups is 1. The molecule has 0 fully saturated rings. The second kappa shape index (κ2) is 9.35. The van der Waals surface area contributed by atoms with Crippen molar-refractivity contribution in [1.82, 2.24) is 9.97 Å². The molecule has 11 heteroatoms. The average Bonchev–Trinajstić information content (AvgIpc) is 3.43. The standard InChI is InChI=1S/C21H14N4O4S3/c1-29-18-7-12(2-4-17(18)26)6-13(9-22)20-23-14(10-30-20)11-31-21-24-16-8-15(25(27)28)3-5-19(16)32-21/h2-8,10,26H,11H2,1H3/b13-6+. The number of ether oxygens (including phenoxy) is 1. The molecule has 2 aromatic carbocycles. The average molecular weight is 483 g/mol. The topological polar surface area (TPSA) is 122 Å². The van der Waals surface area contributed by atoms with Crippen LogP contribution in [-0.4, -0.2) is 27.1 Å². The monoisotopic (exact) mass is 482 g/mol. The fourth-order valence-electron chi connectivity index (χ4n) is 2.80. The van der Waals surface area contributed by atoms with Crippen molar-refractivity contribution in [2.75, 3.05) is 7.11 Å². The SMILES string of the molecule is COc1cc(/C=C(\C#N)c2nc(CSc3nc4cc([N+](=O)[O-])ccc4s3)cs2)ccc1O. The van der Waals surface area contributed by atoms with Gasteiger partial charge in [-0.05, 0) is 29.8 Å². The number of nitriles is 1. The van der Waals surface area contributed by atoms with Crippen LogP contribution in [0.15, 0.2) is 46.1 Å². The van der Waals surface area contributed by atoms with Crippen LogP contribution < -0.4 is 4.74 Å². The van der Waals surface area contributed by atoms with Crippen molar-refractivity contribution < 1.29 is 14.8 Å². The molecule has 1 N–H and O–H groups in total. The molecular weight excluding hydrogens is 468 g/mol. The smallest absolute Gasteiger partial charge is 0.271 e. The minimum absolute atomic E-state index is 0.0190. The molecule has 8 nitrogen and oxygen atoms in total. The summed E-state index contributed by atoms with van der Waals surface area (Å²) in [5.74, 6) is 0.916. The van der Waals surface area contributed by atoms with Crippen LogP contribution in [0.3, 0.4) is 0 Å². The normalized spacial score (nSPS) is 11.4. The van der Waals surface area contributed by atoms with Crippen LogP contribution in [0.5, 0.6) is 11.5 Å². The number of fused-ring (bicyclic) bond motifs is 1. The van der Waals surface area contributed by atoms with Crippen LogP contribution in [0.25, 0.3) is 21.9 Å². The number of benzene rings is 2. The van der Waals surface area contributed by atoms with Crippen molar-refractivity contribution in [2.45, 2.75) is 10.1 Å². The molecule has 0 aliphatic heterocycles. The van der Waals surface area contributed by atoms with Gasteiger partial charge in [0.1, 0.15) is 11.1 Å². The maximum Gasteiger partial charge on any atom is 0.271 e. The van der Waals surface area contributed by atoms with Crippen molar-refractivity contribution in [1.29, 1.82) is 5.26 Å². The van der Waals surface area contributed by atoms with Crippen LogP contribution in [-0.2, 0) is 5.75 Å². The quantitative estimate of drug-likeness (QED) is 0.153. The molecule has 0 amide bonds. The highest BCUT2D eigenvalue weighted by Crippen LogP contribution is 2.34. The van der Waals surface area contributed by atoms with Gasteiger partial charge in [0.2, 0.25) is 0 Å². The second-order valence-corrected chi connectivity index (χ2v) is 9.53. The van der Waals surface area contributed by atoms with Crippen LogP contribution in [0.1, 0.15) is 16.3 Å². The zero-order chi connectivity index (χ0) is 22.7. The highest BCUT2D eigenvalue weighted by atomic mass is 32.2. The Morgan fingerprint density at radius 3 is 2.94 bits per heavy atom. The number of aromatic hydroxyl groups is 1. The summed E-state index contributed by atoms with van der Waals surface area (Å²) < 4.78 is 6.79. The van der Waals surface area contributed by atoms with E-state index in [0.717, 1.165) is 14.7 Å². The van der Waals surface area contributed by atoms with E-state index in [1.54, 1.807) is 24.3 Å². The molecule has 0 radical (unpaired) electrons. The lowest BCUT2D eigenvalue weighted by Gasteiger charge is -2.04. The van der Waals surface area contributed by atoms with Gasteiger partial charge < -0.3 is 9.84 Å². The molecule has 2 aromatic heterocycles. The third kappa shape index (κ3) is 4.72. The summed E-state index contributed by atoms with van der Waals surface area (Å²) in [7, 11) is 1.46. The highest BCUT2D eigenvalue weighted by molar-refractivity contribution is 8.00. The second-order valence-electron chi connectivity index (χ2n) is 6.42. The molecule has 0 saturated heterocycles. The Morgan fingerprint density at radius 2 is 2.19 bits per heavy atom. The van der Waals surface area contributed by atoms with Crippen molar-refractivity contribution >= 4 is 62.0 Å². The summed E-state index contributed by atoms with van der Waals surface area (Å²) in [6.07, 6.45) is 1.69. The van der Waals surface area contributed by atoms with Gasteiger partial charge in [0.05, 0.1) is 33.5 Å². The van der Waals surface area contributed by atoms with Gasteiger partial charge >= 0.3 is 0 Å². The number of non-ortho nitro benzene ring substituents is 1. The fourth-order valence-corrected chi connectivity index (χ4v) is 5.63. The van der Waals surface area contributed by atoms with Crippen LogP contribution in [0.2, 0.25) is 0 Å². The van der Waals surface area contributed by atoms with Gasteiger partial charge in [-0.25, -0.2) is 9.97 Å². The van der Waals surface area contributed by atoms with E-state index in [-0.39, 0.29) is 11.4 Å². The van der Waals surface area contributed by atoms with E-state index < -0.39 is 4.92 Å². The van der Waals surface area contributed by atoms with Crippen LogP contribution >= 0.6 is 34.4 Å². The number of phenolic OH excluding ortho intramolecular Hbond substituents is 1. The molecule has 32 heavy (non-hydrogen) atoms. The fraction of sp³-hybridized carbons (Fsp3) is 0.0952. The predicted octanol–water partition coefficient (Wildman–Crippen LogP) is 5.73. The molecule has 0 atom stereocenters. The Balaban J connectivity index is 1.49. The van der Waals surface area contributed by atoms with Crippen molar-refractivity contribution in [3.63, 3.8) is 0 Å². The van der Waals surface area contributed by atoms with Crippen molar-refractivity contribution in [3.8, 4) is 17.6 Å². The zero-order valence-electron chi connectivity index (χ0n) is 16.5. The van der Waals surface area contributed by atoms with E-state index in [1.807, 2.05) is 5.38 Å². The number of allylic oxidation sites excluding steroid dienone is 1. The summed E-state index contributed by atoms with van der Waals surface area (Å²) in [4.78, 5) is 19.5. The van der Waals surface area contributed by atoms with Crippen molar-refractivity contribution in [2.24, 2.45) is 0 Å². The largest absolute Gasteiger partial charge is 0.504 e. The lowest BCUT2D eigenvalue weighted by molar-refractivity contribution is -0.384. The number of phenols is 1. The van der Waals surface area contributed by atoms with E-state index in [2.05, 4.69) is 16.0 Å². The molecule has 0 unspecified atom stereocenters. The first-order valence-electron chi connectivity index (χ1n) is 9.08. The van der Waals surface area contributed by atoms with Gasteiger partial charge in [-0.1, -0.05) is 17.8 Å². The van der Waals surface area contributed by atoms with E-state index >= 15 is 0 Å². The first kappa shape index (κ1) is 21.8. The molecule has 0 saturated carbocycles. The van der Waals surface area contributed by atoms with Gasteiger partial charge in [-0.3, -0.25) is 10.1 Å². The molecular formula is C21H14N4O4S3. The van der Waals surface area contributed by atoms with E-state index in [9.17, 15) is 20.5 Å². The van der Waals surface area contributed by atoms with Crippen molar-refractivity contribution in [3.05, 3.63) is 68.2 Å². The Kier molecular flexibility index (Phi) is 6.36. The zero-order valence-corrected chi connectivity index (χ0v) is 19.0. The summed E-state index contributed by atoms with van der Waals surface area (Å²) in [6.45, 7) is 0. The maximum atomic E-state index is 10.9. The number of aromatic nitrogens is 2. The van der Waals surface area contributed by atoms with E-state index in [4.69, 9.17) is 4.74 Å². The number of hydrogen-bond acceptors (Lipinski definition) is 10. The number of methoxy groups -OCH3 is 1. The molecule has 4 aromatic rings. The van der Waals surface area contributed by atoms with E-state index in [1.165, 1.54) is 59.7 Å². The maximum absolute atomic E-state index is 10.9. The highest BCUT2D eigenvalue weighted by Gasteiger charge is 2.13. The summed E-state index contributed by atoms with van der Waals surface area (Å²) in [5, 5.41) is 32.7. The Hall–Kier alpha value is -3.46. The van der Waals surface area contributed by atoms with Gasteiger partial charge in [0.25, 0.3) is 5.69 Å². The minimum Gasteiger partial charge on any atom is -0.504 e. The third-order valence-electron chi connectivity index (χ3n) is 4.32. The van der Waals surface area contributed by atoms with Crippen LogP contribution in [0, 0.1) is 21.4 Å². The Labute approximate surface area is 194 Å². The van der Waals surface area contributed by atoms with Gasteiger partial charge in [0, 0.05) is 23.3 Å². The number of nitro benzene ring substituents is 1. The molecule has 0 aliphatic rings. The van der Waals surface area contributed by atoms with Gasteiger partial charge in [-0.2, -0.15) is 5.26 Å². The number of hydrogen-bond donors (Lipinski definition) is 1. The summed E-state index contributed by atoms with van der Waals surface area (Å²) in [5.41, 5.74) is 2.55. The first-order chi connectivity index (χ1) is 15.5. The number of rotatable bonds is 7. The minimum atomic E-state index is -0.434. The lowest BCUT2D eigenvalue weighted by atomic mass is 10.1. The number of thiazole rings is 2. The summed E-state index contributed by atoms with van der Waals surface area (Å²) >= 11 is 4.33. The number of nitrogens with zero attached hydrogens (tertiary/aromatic N) is 4. The van der Waals surface area contributed by atoms with Gasteiger partial charge in [0.15, 0.2) is 15.8 Å². The first-order valence-corrected chi connectivity index (χ1v) is 11.8. The molecule has 2 heterocycles. The predicted molar refractivity (Wildman–Crippen MR) is 126 cm³/mol.